The lowest BCUT2D eigenvalue weighted by Gasteiger charge is -2.43. The summed E-state index contributed by atoms with van der Waals surface area (Å²) in [4.78, 5) is 143. The van der Waals surface area contributed by atoms with Crippen molar-refractivity contribution in [3.63, 3.8) is 0 Å². The molecule has 0 bridgehead atoms. The highest BCUT2D eigenvalue weighted by atomic mass is 32.2. The van der Waals surface area contributed by atoms with Gasteiger partial charge in [0.2, 0.25) is 23.6 Å². The molecule has 3 aromatic carbocycles. The molecule has 4 aliphatic rings. The average molecular weight is 1540 g/mol. The Bertz CT molecular complexity index is 4440. The van der Waals surface area contributed by atoms with E-state index in [1.54, 1.807) is 67.5 Å². The first-order chi connectivity index (χ1) is 50.1. The molecule has 25 nitrogen and oxygen atoms in total. The Morgan fingerprint density at radius 1 is 0.724 bits per heavy atom. The zero-order valence-electron chi connectivity index (χ0n) is 60.2. The van der Waals surface area contributed by atoms with E-state index in [4.69, 9.17) is 48.3 Å². The molecule has 0 spiro atoms. The molecule has 11 rings (SSSR count). The number of allylic oxidation sites excluding steroid dienone is 1. The lowest BCUT2D eigenvalue weighted by atomic mass is 10.1. The van der Waals surface area contributed by atoms with Crippen molar-refractivity contribution in [3.8, 4) is 21.4 Å². The van der Waals surface area contributed by atoms with Crippen LogP contribution in [0, 0.1) is 0 Å². The molecular weight excluding hydrogens is 1450 g/mol. The van der Waals surface area contributed by atoms with E-state index in [1.165, 1.54) is 80.5 Å². The Hall–Kier alpha value is -8.82. The van der Waals surface area contributed by atoms with Crippen LogP contribution in [0.15, 0.2) is 141 Å². The quantitative estimate of drug-likeness (QED) is 0.0189. The molecule has 0 aliphatic carbocycles. The van der Waals surface area contributed by atoms with Crippen LogP contribution in [0.5, 0.6) is 0 Å². The maximum absolute atomic E-state index is 14.9. The van der Waals surface area contributed by atoms with Gasteiger partial charge >= 0.3 is 18.0 Å². The van der Waals surface area contributed by atoms with Gasteiger partial charge in [-0.15, -0.1) is 57.5 Å². The summed E-state index contributed by atoms with van der Waals surface area (Å²) in [6.45, 7) is 19.5. The zero-order chi connectivity index (χ0) is 75.1. The first-order valence-corrected chi connectivity index (χ1v) is 40.8. The van der Waals surface area contributed by atoms with Crippen molar-refractivity contribution in [1.29, 1.82) is 0 Å². The van der Waals surface area contributed by atoms with Crippen molar-refractivity contribution in [3.05, 3.63) is 164 Å². The molecule has 6 amide bonds. The van der Waals surface area contributed by atoms with Crippen molar-refractivity contribution < 1.29 is 61.7 Å². The number of amides is 6. The number of methoxy groups -OCH3 is 1. The van der Waals surface area contributed by atoms with Crippen molar-refractivity contribution in [1.82, 2.24) is 51.0 Å². The van der Waals surface area contributed by atoms with Gasteiger partial charge in [-0.2, -0.15) is 0 Å². The third-order valence-electron chi connectivity index (χ3n) is 17.8. The third-order valence-corrected chi connectivity index (χ3v) is 27.6. The molecule has 7 aromatic rings. The van der Waals surface area contributed by atoms with Crippen LogP contribution in [0.4, 0.5) is 4.79 Å². The second-order valence-electron chi connectivity index (χ2n) is 27.8. The topological polar surface area (TPSA) is 314 Å². The van der Waals surface area contributed by atoms with E-state index in [-0.39, 0.29) is 54.1 Å². The number of carbonyl (C=O) groups is 8. The van der Waals surface area contributed by atoms with Crippen molar-refractivity contribution in [2.24, 2.45) is 9.98 Å². The number of aliphatic imine (C=N–C) groups is 2. The molecule has 7 atom stereocenters. The SMILES string of the molecule is C/C=C(\NC(=O)CNC(=O)[C@@H]1[C@@H](C)OC(C)(C)N1C(=O)OC(C)(C)C)C(=O)N1CCC[C@H]1C(=O)N[C@H](C)c1nc(-c2nc(C3=N[C@H](C(=O)NC(CO[Si](c4ccccc4)(c4ccccc4)C(C)(C)C)c4nc(-c5nc(C6=N[C@H](C(=O)OC)CS6)cs5)cs4)CS3)cs2)ccc1C(=O)OCc1ccccc1. The number of nitrogens with one attached hydrogen (secondary N) is 4. The van der Waals surface area contributed by atoms with E-state index in [0.29, 0.717) is 65.8 Å². The molecule has 0 radical (unpaired) electrons. The molecule has 4 aliphatic heterocycles. The lowest BCUT2D eigenvalue weighted by molar-refractivity contribution is -0.141. The highest BCUT2D eigenvalue weighted by molar-refractivity contribution is 8.15. The molecule has 8 heterocycles. The summed E-state index contributed by atoms with van der Waals surface area (Å²) in [5, 5.41) is 21.8. The molecule has 4 N–H and O–H groups in total. The van der Waals surface area contributed by atoms with E-state index in [9.17, 15) is 38.4 Å². The van der Waals surface area contributed by atoms with Gasteiger partial charge in [-0.3, -0.25) is 38.9 Å². The molecule has 105 heavy (non-hydrogen) atoms. The number of hydrogen-bond acceptors (Lipinski definition) is 24. The maximum Gasteiger partial charge on any atom is 0.413 e. The number of pyridine rings is 1. The average Bonchev–Trinajstić information content (AvgIpc) is 1.24. The van der Waals surface area contributed by atoms with E-state index < -0.39 is 110 Å². The summed E-state index contributed by atoms with van der Waals surface area (Å²) >= 11 is 6.91. The lowest BCUT2D eigenvalue weighted by Crippen LogP contribution is -2.67. The maximum atomic E-state index is 14.9. The van der Waals surface area contributed by atoms with Crippen LogP contribution in [-0.4, -0.2) is 176 Å². The summed E-state index contributed by atoms with van der Waals surface area (Å²) in [5.41, 5.74) is 0.932. The number of aromatic nitrogens is 4. The first-order valence-electron chi connectivity index (χ1n) is 34.3. The number of thioether (sulfide) groups is 2. The van der Waals surface area contributed by atoms with Gasteiger partial charge in [0.05, 0.1) is 49.4 Å². The second kappa shape index (κ2) is 32.9. The van der Waals surface area contributed by atoms with Crippen molar-refractivity contribution in [2.45, 2.75) is 154 Å². The van der Waals surface area contributed by atoms with Crippen LogP contribution in [0.3, 0.4) is 0 Å². The highest BCUT2D eigenvalue weighted by Gasteiger charge is 2.54. The largest absolute Gasteiger partial charge is 0.467 e. The molecule has 552 valence electrons. The van der Waals surface area contributed by atoms with Crippen molar-refractivity contribution >= 4 is 134 Å². The number of thiazole rings is 3. The van der Waals surface area contributed by atoms with Crippen LogP contribution in [0.25, 0.3) is 21.4 Å². The van der Waals surface area contributed by atoms with Gasteiger partial charge in [0, 0.05) is 34.2 Å². The molecule has 31 heteroatoms. The Labute approximate surface area is 630 Å². The number of ether oxygens (including phenoxy) is 4. The van der Waals surface area contributed by atoms with Crippen LogP contribution < -0.4 is 31.6 Å². The molecule has 0 saturated carbocycles. The summed E-state index contributed by atoms with van der Waals surface area (Å²) in [6.07, 6.45) is 0.622. The second-order valence-corrected chi connectivity index (χ2v) is 36.8. The Kier molecular flexibility index (Phi) is 24.2. The molecule has 2 fully saturated rings. The van der Waals surface area contributed by atoms with Crippen LogP contribution in [0.1, 0.15) is 139 Å². The van der Waals surface area contributed by atoms with Crippen LogP contribution in [-0.2, 0) is 58.7 Å². The number of benzene rings is 3. The van der Waals surface area contributed by atoms with Crippen molar-refractivity contribution in [2.75, 3.05) is 38.3 Å². The first kappa shape index (κ1) is 77.3. The summed E-state index contributed by atoms with van der Waals surface area (Å²) in [7, 11) is -1.79. The Balaban J connectivity index is 0.799. The standard InChI is InChI=1S/C74H84N12O13S5Si/c1-13-48(77-57(87)34-75-62(90)59-43(3)98-74(10,11)86(59)71(94)99-72(4,5)6)68(91)85-33-23-30-56(85)61(89)76-42(2)58-47(69(92)96-35-44-24-17-14-18-25-44)31-32-49(78-58)63-81-52(38-101-63)65-80-51(37-100-65)60(88)79-50(36-97-105(73(7,8)9,45-26-19-15-20-27-45)46-28-21-16-22-29-46)64-82-53(39-102-64)66-83-54(40-103-66)67-84-55(41-104-67)70(93)95-12/h13-22,24-29,31-32,38-40,42-43,50-51,55-56,59H,23,30,33-37,41H2,1-12H3,(H,75,90)(H,76,89)(H,77,87)(H,79,88)/b48-13-/t42-,43-,50?,51+,55+,56+,59+/m1/s1. The van der Waals surface area contributed by atoms with Gasteiger partial charge in [0.1, 0.15) is 90.0 Å². The van der Waals surface area contributed by atoms with Crippen LogP contribution >= 0.6 is 57.5 Å². The molecule has 2 saturated heterocycles. The summed E-state index contributed by atoms with van der Waals surface area (Å²) in [6, 6.07) is 27.7. The smallest absolute Gasteiger partial charge is 0.413 e. The van der Waals surface area contributed by atoms with E-state index in [1.807, 2.05) is 82.9 Å². The van der Waals surface area contributed by atoms with Gasteiger partial charge in [-0.1, -0.05) is 118 Å². The van der Waals surface area contributed by atoms with Crippen LogP contribution in [0.2, 0.25) is 5.04 Å². The number of esters is 2. The Morgan fingerprint density at radius 2 is 1.32 bits per heavy atom. The minimum atomic E-state index is -3.14. The monoisotopic (exact) mass is 1540 g/mol. The summed E-state index contributed by atoms with van der Waals surface area (Å²) in [5.74, 6) is -3.25. The summed E-state index contributed by atoms with van der Waals surface area (Å²) < 4.78 is 29.8. The minimum Gasteiger partial charge on any atom is -0.467 e. The fourth-order valence-corrected chi connectivity index (χ4v) is 22.0. The van der Waals surface area contributed by atoms with E-state index in [2.05, 4.69) is 71.3 Å². The number of likely N-dealkylation sites (tertiary alicyclic amines) is 1. The molecule has 4 aromatic heterocycles. The number of hydrogen-bond donors (Lipinski definition) is 4. The van der Waals surface area contributed by atoms with Gasteiger partial charge in [-0.25, -0.2) is 34.3 Å². The fourth-order valence-electron chi connectivity index (χ4n) is 12.9. The predicted octanol–water partition coefficient (Wildman–Crippen LogP) is 9.54. The highest BCUT2D eigenvalue weighted by Crippen LogP contribution is 2.40. The van der Waals surface area contributed by atoms with E-state index >= 15 is 0 Å². The minimum absolute atomic E-state index is 0.0406. The third kappa shape index (κ3) is 17.7. The predicted molar refractivity (Wildman–Crippen MR) is 409 cm³/mol. The van der Waals surface area contributed by atoms with Gasteiger partial charge in [0.15, 0.2) is 6.04 Å². The fraction of sp³-hybridized carbons (Fsp3) is 0.405. The normalized spacial score (nSPS) is 19.4. The number of rotatable bonds is 24. The number of nitrogens with zero attached hydrogens (tertiary/aromatic N) is 8. The van der Waals surface area contributed by atoms with E-state index in [0.717, 1.165) is 15.9 Å². The Morgan fingerprint density at radius 3 is 1.93 bits per heavy atom. The molecular formula is C74H84N12O13S5Si. The zero-order valence-corrected chi connectivity index (χ0v) is 65.3. The molecule has 1 unspecified atom stereocenters. The van der Waals surface area contributed by atoms with Gasteiger partial charge in [0.25, 0.3) is 14.2 Å². The number of carbonyl (C=O) groups excluding carboxylic acids is 8. The van der Waals surface area contributed by atoms with Gasteiger partial charge in [-0.05, 0) is 101 Å². The van der Waals surface area contributed by atoms with Gasteiger partial charge < -0.3 is 49.5 Å².